The number of methoxy groups -OCH3 is 2. The second kappa shape index (κ2) is 6.76. The predicted octanol–water partition coefficient (Wildman–Crippen LogP) is 3.28. The second-order valence-corrected chi connectivity index (χ2v) is 5.50. The average molecular weight is 337 g/mol. The zero-order valence-electron chi connectivity index (χ0n) is 14.4. The number of amides is 1. The van der Waals surface area contributed by atoms with Crippen molar-refractivity contribution in [3.8, 4) is 22.8 Å². The molecule has 0 fully saturated rings. The third-order valence-electron chi connectivity index (χ3n) is 4.06. The number of hydrogen-bond acceptors (Lipinski definition) is 5. The van der Waals surface area contributed by atoms with Crippen LogP contribution in [0.25, 0.3) is 11.1 Å². The van der Waals surface area contributed by atoms with Crippen molar-refractivity contribution in [2.75, 3.05) is 14.2 Å². The fraction of sp³-hybridized carbons (Fsp3) is 0.211. The molecule has 1 aliphatic heterocycles. The van der Waals surface area contributed by atoms with E-state index in [1.165, 1.54) is 0 Å². The van der Waals surface area contributed by atoms with Gasteiger partial charge < -0.3 is 9.47 Å². The first-order valence-electron chi connectivity index (χ1n) is 7.79. The van der Waals surface area contributed by atoms with E-state index in [1.807, 2.05) is 24.3 Å². The van der Waals surface area contributed by atoms with Gasteiger partial charge in [-0.1, -0.05) is 12.6 Å². The first kappa shape index (κ1) is 16.7. The standard InChI is InChI=1S/C19H19N3O3/c1-5-20-12(2)22-11-15-8-13(6-7-16(15)19(22)23)14-9-17(24-3)18(25-4)21-10-14/h5-10H,2,11H2,1,3-4H3. The highest BCUT2D eigenvalue weighted by atomic mass is 16.5. The normalized spacial score (nSPS) is 13.2. The molecule has 0 unspecified atom stereocenters. The second-order valence-electron chi connectivity index (χ2n) is 5.50. The number of ether oxygens (including phenoxy) is 2. The van der Waals surface area contributed by atoms with Crippen molar-refractivity contribution in [3.63, 3.8) is 0 Å². The van der Waals surface area contributed by atoms with E-state index in [-0.39, 0.29) is 5.91 Å². The molecular weight excluding hydrogens is 318 g/mol. The van der Waals surface area contributed by atoms with E-state index in [0.29, 0.717) is 29.6 Å². The summed E-state index contributed by atoms with van der Waals surface area (Å²) < 4.78 is 10.5. The zero-order valence-corrected chi connectivity index (χ0v) is 14.4. The van der Waals surface area contributed by atoms with E-state index in [2.05, 4.69) is 16.6 Å². The first-order chi connectivity index (χ1) is 12.1. The molecule has 2 heterocycles. The lowest BCUT2D eigenvalue weighted by atomic mass is 10.0. The molecule has 128 valence electrons. The van der Waals surface area contributed by atoms with Gasteiger partial charge in [0.2, 0.25) is 0 Å². The van der Waals surface area contributed by atoms with Gasteiger partial charge in [0.25, 0.3) is 11.8 Å². The van der Waals surface area contributed by atoms with Gasteiger partial charge in [0.05, 0.1) is 20.8 Å². The molecule has 6 heteroatoms. The maximum Gasteiger partial charge on any atom is 0.260 e. The summed E-state index contributed by atoms with van der Waals surface area (Å²) in [6.07, 6.45) is 3.34. The van der Waals surface area contributed by atoms with Crippen LogP contribution < -0.4 is 9.47 Å². The zero-order chi connectivity index (χ0) is 18.0. The van der Waals surface area contributed by atoms with E-state index >= 15 is 0 Å². The van der Waals surface area contributed by atoms with Crippen LogP contribution in [0.2, 0.25) is 0 Å². The number of carbonyl (C=O) groups excluding carboxylic acids is 1. The topological polar surface area (TPSA) is 64.0 Å². The highest BCUT2D eigenvalue weighted by Crippen LogP contribution is 2.33. The minimum atomic E-state index is -0.0809. The van der Waals surface area contributed by atoms with Crippen molar-refractivity contribution in [2.45, 2.75) is 13.5 Å². The molecular formula is C19H19N3O3. The summed E-state index contributed by atoms with van der Waals surface area (Å²) in [4.78, 5) is 22.4. The van der Waals surface area contributed by atoms with E-state index in [9.17, 15) is 4.79 Å². The van der Waals surface area contributed by atoms with Gasteiger partial charge in [0.1, 0.15) is 5.82 Å². The number of aliphatic imine (C=N–C) groups is 1. The van der Waals surface area contributed by atoms with Crippen LogP contribution in [0, 0.1) is 0 Å². The molecule has 2 aromatic rings. The van der Waals surface area contributed by atoms with Crippen LogP contribution >= 0.6 is 0 Å². The first-order valence-corrected chi connectivity index (χ1v) is 7.79. The van der Waals surface area contributed by atoms with Crippen molar-refractivity contribution >= 4 is 12.1 Å². The molecule has 6 nitrogen and oxygen atoms in total. The van der Waals surface area contributed by atoms with Gasteiger partial charge in [-0.2, -0.15) is 0 Å². The van der Waals surface area contributed by atoms with E-state index in [1.54, 1.807) is 38.5 Å². The Morgan fingerprint density at radius 3 is 2.76 bits per heavy atom. The summed E-state index contributed by atoms with van der Waals surface area (Å²) in [5.41, 5.74) is 3.44. The minimum absolute atomic E-state index is 0.0809. The fourth-order valence-electron chi connectivity index (χ4n) is 2.82. The molecule has 0 radical (unpaired) electrons. The van der Waals surface area contributed by atoms with Crippen LogP contribution in [0.4, 0.5) is 0 Å². The van der Waals surface area contributed by atoms with Gasteiger partial charge >= 0.3 is 0 Å². The summed E-state index contributed by atoms with van der Waals surface area (Å²) >= 11 is 0. The Bertz CT molecular complexity index is 874. The summed E-state index contributed by atoms with van der Waals surface area (Å²) in [5, 5.41) is 0. The summed E-state index contributed by atoms with van der Waals surface area (Å²) in [6.45, 7) is 6.10. The minimum Gasteiger partial charge on any atom is -0.491 e. The van der Waals surface area contributed by atoms with Crippen LogP contribution in [0.5, 0.6) is 11.6 Å². The smallest absolute Gasteiger partial charge is 0.260 e. The Morgan fingerprint density at radius 2 is 2.08 bits per heavy atom. The Hall–Kier alpha value is -3.15. The number of rotatable bonds is 5. The number of hydrogen-bond donors (Lipinski definition) is 0. The van der Waals surface area contributed by atoms with Crippen LogP contribution in [0.15, 0.2) is 47.9 Å². The molecule has 1 aromatic carbocycles. The average Bonchev–Trinajstić information content (AvgIpc) is 2.97. The highest BCUT2D eigenvalue weighted by Gasteiger charge is 2.29. The lowest BCUT2D eigenvalue weighted by molar-refractivity contribution is 0.0826. The number of benzene rings is 1. The molecule has 0 aliphatic carbocycles. The van der Waals surface area contributed by atoms with E-state index < -0.39 is 0 Å². The van der Waals surface area contributed by atoms with Gasteiger partial charge in [0, 0.05) is 23.5 Å². The Balaban J connectivity index is 1.95. The van der Waals surface area contributed by atoms with Crippen LogP contribution in [-0.2, 0) is 6.54 Å². The van der Waals surface area contributed by atoms with Crippen LogP contribution in [0.3, 0.4) is 0 Å². The molecule has 0 saturated heterocycles. The van der Waals surface area contributed by atoms with Crippen molar-refractivity contribution in [1.29, 1.82) is 0 Å². The number of aromatic nitrogens is 1. The van der Waals surface area contributed by atoms with Crippen LogP contribution in [-0.4, -0.2) is 36.2 Å². The Morgan fingerprint density at radius 1 is 1.28 bits per heavy atom. The largest absolute Gasteiger partial charge is 0.491 e. The number of carbonyl (C=O) groups is 1. The molecule has 0 saturated carbocycles. The molecule has 25 heavy (non-hydrogen) atoms. The Labute approximate surface area is 146 Å². The maximum atomic E-state index is 12.5. The van der Waals surface area contributed by atoms with E-state index in [0.717, 1.165) is 16.7 Å². The van der Waals surface area contributed by atoms with Crippen molar-refractivity contribution < 1.29 is 14.3 Å². The quantitative estimate of drug-likeness (QED) is 0.786. The number of pyridine rings is 1. The van der Waals surface area contributed by atoms with Crippen molar-refractivity contribution in [3.05, 3.63) is 54.0 Å². The third-order valence-corrected chi connectivity index (χ3v) is 4.06. The Kier molecular flexibility index (Phi) is 4.52. The van der Waals surface area contributed by atoms with Gasteiger partial charge in [0.15, 0.2) is 5.75 Å². The highest BCUT2D eigenvalue weighted by molar-refractivity contribution is 6.00. The molecule has 0 bridgehead atoms. The van der Waals surface area contributed by atoms with Crippen LogP contribution in [0.1, 0.15) is 22.8 Å². The lowest BCUT2D eigenvalue weighted by Gasteiger charge is -2.13. The fourth-order valence-corrected chi connectivity index (χ4v) is 2.82. The maximum absolute atomic E-state index is 12.5. The lowest BCUT2D eigenvalue weighted by Crippen LogP contribution is -2.21. The monoisotopic (exact) mass is 337 g/mol. The van der Waals surface area contributed by atoms with Gasteiger partial charge in [-0.3, -0.25) is 9.69 Å². The third kappa shape index (κ3) is 2.98. The number of fused-ring (bicyclic) bond motifs is 1. The van der Waals surface area contributed by atoms with Crippen molar-refractivity contribution in [1.82, 2.24) is 9.88 Å². The van der Waals surface area contributed by atoms with E-state index in [4.69, 9.17) is 9.47 Å². The molecule has 0 atom stereocenters. The van der Waals surface area contributed by atoms with Gasteiger partial charge in [-0.05, 0) is 36.2 Å². The molecule has 0 spiro atoms. The summed E-state index contributed by atoms with van der Waals surface area (Å²) in [7, 11) is 3.12. The molecule has 1 amide bonds. The van der Waals surface area contributed by atoms with Gasteiger partial charge in [-0.15, -0.1) is 0 Å². The predicted molar refractivity (Wildman–Crippen MR) is 96.0 cm³/mol. The summed E-state index contributed by atoms with van der Waals surface area (Å²) in [5.74, 6) is 1.35. The summed E-state index contributed by atoms with van der Waals surface area (Å²) in [6, 6.07) is 7.57. The molecule has 0 N–H and O–H groups in total. The molecule has 1 aliphatic rings. The number of nitrogens with zero attached hydrogens (tertiary/aromatic N) is 3. The molecule has 1 aromatic heterocycles. The van der Waals surface area contributed by atoms with Crippen molar-refractivity contribution in [2.24, 2.45) is 4.99 Å². The molecule has 3 rings (SSSR count). The van der Waals surface area contributed by atoms with Gasteiger partial charge in [-0.25, -0.2) is 9.98 Å². The SMILES string of the molecule is C=C(N=CC)N1Cc2cc(-c3cnc(OC)c(OC)c3)ccc2C1=O.